The van der Waals surface area contributed by atoms with E-state index in [0.717, 1.165) is 33.6 Å². The van der Waals surface area contributed by atoms with Crippen LogP contribution >= 0.6 is 11.3 Å². The second-order valence-corrected chi connectivity index (χ2v) is 8.61. The zero-order valence-electron chi connectivity index (χ0n) is 19.0. The molecule has 0 saturated heterocycles. The standard InChI is InChI=1S/C29H24O4S/c1-30-22-14-12-21(13-15-22)25-16-23(32-18-20-8-4-3-5-9-20)17-26(31-2)29(25)33-27-19-34-28-11-7-6-10-24(27)28/h3-17,19H,18H2,1-2H3. The van der Waals surface area contributed by atoms with E-state index in [9.17, 15) is 0 Å². The Morgan fingerprint density at radius 3 is 2.24 bits per heavy atom. The second-order valence-electron chi connectivity index (χ2n) is 7.70. The molecule has 0 atom stereocenters. The van der Waals surface area contributed by atoms with Gasteiger partial charge >= 0.3 is 0 Å². The summed E-state index contributed by atoms with van der Waals surface area (Å²) in [6, 6.07) is 30.1. The lowest BCUT2D eigenvalue weighted by atomic mass is 10.0. The first kappa shape index (κ1) is 21.9. The number of benzene rings is 4. The van der Waals surface area contributed by atoms with Crippen LogP contribution < -0.4 is 18.9 Å². The molecule has 0 aliphatic rings. The van der Waals surface area contributed by atoms with E-state index < -0.39 is 0 Å². The molecule has 4 aromatic carbocycles. The van der Waals surface area contributed by atoms with Crippen molar-refractivity contribution >= 4 is 21.4 Å². The van der Waals surface area contributed by atoms with Crippen molar-refractivity contribution in [3.63, 3.8) is 0 Å². The van der Waals surface area contributed by atoms with Gasteiger partial charge in [-0.15, -0.1) is 11.3 Å². The van der Waals surface area contributed by atoms with Gasteiger partial charge in [0.25, 0.3) is 0 Å². The minimum absolute atomic E-state index is 0.460. The molecule has 1 heterocycles. The lowest BCUT2D eigenvalue weighted by molar-refractivity contribution is 0.302. The summed E-state index contributed by atoms with van der Waals surface area (Å²) in [7, 11) is 3.30. The molecule has 5 heteroatoms. The van der Waals surface area contributed by atoms with Crippen LogP contribution in [0.1, 0.15) is 5.56 Å². The van der Waals surface area contributed by atoms with Crippen LogP contribution in [0.15, 0.2) is 96.4 Å². The quantitative estimate of drug-likeness (QED) is 0.231. The van der Waals surface area contributed by atoms with Crippen molar-refractivity contribution < 1.29 is 18.9 Å². The molecule has 0 spiro atoms. The SMILES string of the molecule is COc1ccc(-c2cc(OCc3ccccc3)cc(OC)c2Oc2csc3ccccc23)cc1. The first-order valence-electron chi connectivity index (χ1n) is 10.9. The van der Waals surface area contributed by atoms with E-state index in [1.165, 1.54) is 4.70 Å². The van der Waals surface area contributed by atoms with Gasteiger partial charge in [0.05, 0.1) is 14.2 Å². The summed E-state index contributed by atoms with van der Waals surface area (Å²) in [4.78, 5) is 0. The zero-order chi connectivity index (χ0) is 23.3. The first-order valence-corrected chi connectivity index (χ1v) is 11.8. The lowest BCUT2D eigenvalue weighted by Crippen LogP contribution is -1.98. The number of hydrogen-bond acceptors (Lipinski definition) is 5. The van der Waals surface area contributed by atoms with Crippen molar-refractivity contribution in [3.8, 4) is 39.9 Å². The van der Waals surface area contributed by atoms with Crippen LogP contribution in [0, 0.1) is 0 Å². The molecule has 170 valence electrons. The molecule has 34 heavy (non-hydrogen) atoms. The number of ether oxygens (including phenoxy) is 4. The van der Waals surface area contributed by atoms with Crippen LogP contribution in [0.2, 0.25) is 0 Å². The van der Waals surface area contributed by atoms with Crippen molar-refractivity contribution in [2.75, 3.05) is 14.2 Å². The van der Waals surface area contributed by atoms with Crippen molar-refractivity contribution in [1.29, 1.82) is 0 Å². The maximum absolute atomic E-state index is 6.51. The zero-order valence-corrected chi connectivity index (χ0v) is 19.8. The van der Waals surface area contributed by atoms with E-state index in [0.29, 0.717) is 23.9 Å². The average molecular weight is 469 g/mol. The highest BCUT2D eigenvalue weighted by atomic mass is 32.1. The molecule has 0 saturated carbocycles. The Labute approximate surface area is 202 Å². The van der Waals surface area contributed by atoms with Crippen molar-refractivity contribution in [2.45, 2.75) is 6.61 Å². The second kappa shape index (κ2) is 9.89. The summed E-state index contributed by atoms with van der Waals surface area (Å²) in [5, 5.41) is 3.10. The number of rotatable bonds is 8. The van der Waals surface area contributed by atoms with Crippen LogP contribution in [-0.4, -0.2) is 14.2 Å². The van der Waals surface area contributed by atoms with E-state index >= 15 is 0 Å². The normalized spacial score (nSPS) is 10.8. The molecular formula is C29H24O4S. The van der Waals surface area contributed by atoms with Gasteiger partial charge in [-0.2, -0.15) is 0 Å². The fraction of sp³-hybridized carbons (Fsp3) is 0.103. The summed E-state index contributed by atoms with van der Waals surface area (Å²) >= 11 is 1.66. The highest BCUT2D eigenvalue weighted by molar-refractivity contribution is 7.17. The minimum atomic E-state index is 0.460. The van der Waals surface area contributed by atoms with Gasteiger partial charge in [0, 0.05) is 27.1 Å². The fourth-order valence-corrected chi connectivity index (χ4v) is 4.65. The Hall–Kier alpha value is -3.96. The molecule has 0 amide bonds. The molecule has 5 rings (SSSR count). The van der Waals surface area contributed by atoms with E-state index in [-0.39, 0.29) is 0 Å². The summed E-state index contributed by atoms with van der Waals surface area (Å²) in [5.74, 6) is 3.54. The minimum Gasteiger partial charge on any atom is -0.497 e. The molecule has 0 bridgehead atoms. The number of hydrogen-bond donors (Lipinski definition) is 0. The molecule has 1 aromatic heterocycles. The Morgan fingerprint density at radius 1 is 0.706 bits per heavy atom. The number of methoxy groups -OCH3 is 2. The third kappa shape index (κ3) is 4.56. The van der Waals surface area contributed by atoms with Gasteiger partial charge in [-0.25, -0.2) is 0 Å². The molecule has 0 N–H and O–H groups in total. The summed E-state index contributed by atoms with van der Waals surface area (Å²) < 4.78 is 25.0. The van der Waals surface area contributed by atoms with Crippen LogP contribution in [0.3, 0.4) is 0 Å². The highest BCUT2D eigenvalue weighted by Crippen LogP contribution is 2.46. The number of thiophene rings is 1. The van der Waals surface area contributed by atoms with E-state index in [1.807, 2.05) is 84.2 Å². The van der Waals surface area contributed by atoms with Gasteiger partial charge in [0.15, 0.2) is 11.5 Å². The number of fused-ring (bicyclic) bond motifs is 1. The van der Waals surface area contributed by atoms with E-state index in [4.69, 9.17) is 18.9 Å². The van der Waals surface area contributed by atoms with Crippen molar-refractivity contribution in [2.24, 2.45) is 0 Å². The highest BCUT2D eigenvalue weighted by Gasteiger charge is 2.19. The topological polar surface area (TPSA) is 36.9 Å². The Kier molecular flexibility index (Phi) is 6.36. The van der Waals surface area contributed by atoms with Crippen molar-refractivity contribution in [1.82, 2.24) is 0 Å². The van der Waals surface area contributed by atoms with Crippen LogP contribution in [0.25, 0.3) is 21.2 Å². The Bertz CT molecular complexity index is 1390. The van der Waals surface area contributed by atoms with Crippen LogP contribution in [0.5, 0.6) is 28.7 Å². The summed E-state index contributed by atoms with van der Waals surface area (Å²) in [6.45, 7) is 0.460. The molecule has 0 fully saturated rings. The first-order chi connectivity index (χ1) is 16.7. The third-order valence-corrected chi connectivity index (χ3v) is 6.50. The summed E-state index contributed by atoms with van der Waals surface area (Å²) in [6.07, 6.45) is 0. The van der Waals surface area contributed by atoms with Gasteiger partial charge < -0.3 is 18.9 Å². The third-order valence-electron chi connectivity index (χ3n) is 5.56. The molecule has 0 unspecified atom stereocenters. The largest absolute Gasteiger partial charge is 0.497 e. The van der Waals surface area contributed by atoms with E-state index in [1.54, 1.807) is 25.6 Å². The smallest absolute Gasteiger partial charge is 0.177 e. The molecule has 4 nitrogen and oxygen atoms in total. The molecular weight excluding hydrogens is 444 g/mol. The van der Waals surface area contributed by atoms with Crippen molar-refractivity contribution in [3.05, 3.63) is 102 Å². The van der Waals surface area contributed by atoms with Gasteiger partial charge in [-0.1, -0.05) is 54.6 Å². The lowest BCUT2D eigenvalue weighted by Gasteiger charge is -2.17. The molecule has 0 radical (unpaired) electrons. The maximum Gasteiger partial charge on any atom is 0.177 e. The van der Waals surface area contributed by atoms with Crippen LogP contribution in [-0.2, 0) is 6.61 Å². The maximum atomic E-state index is 6.51. The molecule has 5 aromatic rings. The van der Waals surface area contributed by atoms with Gasteiger partial charge in [0.2, 0.25) is 0 Å². The van der Waals surface area contributed by atoms with Gasteiger partial charge in [0.1, 0.15) is 23.9 Å². The molecule has 0 aliphatic carbocycles. The van der Waals surface area contributed by atoms with Gasteiger partial charge in [-0.05, 0) is 41.5 Å². The van der Waals surface area contributed by atoms with Crippen LogP contribution in [0.4, 0.5) is 0 Å². The average Bonchev–Trinajstić information content (AvgIpc) is 3.31. The fourth-order valence-electron chi connectivity index (χ4n) is 3.79. The summed E-state index contributed by atoms with van der Waals surface area (Å²) in [5.41, 5.74) is 2.94. The van der Waals surface area contributed by atoms with E-state index in [2.05, 4.69) is 12.1 Å². The predicted molar refractivity (Wildman–Crippen MR) is 138 cm³/mol. The monoisotopic (exact) mass is 468 g/mol. The Balaban J connectivity index is 1.57. The predicted octanol–water partition coefficient (Wildman–Crippen LogP) is 7.96. The van der Waals surface area contributed by atoms with Gasteiger partial charge in [-0.3, -0.25) is 0 Å². The Morgan fingerprint density at radius 2 is 1.47 bits per heavy atom. The molecule has 0 aliphatic heterocycles.